The van der Waals surface area contributed by atoms with E-state index in [0.717, 1.165) is 17.3 Å². The molecule has 222 valence electrons. The molecule has 0 unspecified atom stereocenters. The molecule has 2 aromatic heterocycles. The summed E-state index contributed by atoms with van der Waals surface area (Å²) in [5, 5.41) is 29.9. The minimum atomic E-state index is -0.870. The Hall–Kier alpha value is -4.11. The smallest absolute Gasteiger partial charge is 0.252 e. The second-order valence-electron chi connectivity index (χ2n) is 11.1. The van der Waals surface area contributed by atoms with Gasteiger partial charge in [-0.3, -0.25) is 9.59 Å². The Bertz CT molecular complexity index is 1720. The summed E-state index contributed by atoms with van der Waals surface area (Å²) < 4.78 is 2.12. The summed E-state index contributed by atoms with van der Waals surface area (Å²) >= 11 is 14.0. The van der Waals surface area contributed by atoms with Gasteiger partial charge >= 0.3 is 0 Å². The molecule has 0 fully saturated rings. The number of amides is 2. The van der Waals surface area contributed by atoms with Gasteiger partial charge in [-0.2, -0.15) is 9.41 Å². The first-order chi connectivity index (χ1) is 20.2. The Kier molecular flexibility index (Phi) is 9.65. The Morgan fingerprint density at radius 3 is 2.42 bits per heavy atom. The zero-order valence-electron chi connectivity index (χ0n) is 24.1. The lowest BCUT2D eigenvalue weighted by atomic mass is 9.87. The Balaban J connectivity index is 1.38. The van der Waals surface area contributed by atoms with Crippen molar-refractivity contribution in [1.82, 2.24) is 25.5 Å². The third-order valence-electron chi connectivity index (χ3n) is 6.07. The Morgan fingerprint density at radius 2 is 1.74 bits per heavy atom. The average Bonchev–Trinajstić information content (AvgIpc) is 3.40. The SMILES string of the molecule is CC(C)(C#Cc1ccc(NC(=O)CSc2nnnn2-c2cc(C(C)(C)C)ccc2Cl)c(Cl)c1)NC(=O)c1cc[n+]([O-])cc1. The van der Waals surface area contributed by atoms with E-state index in [0.29, 0.717) is 42.4 Å². The summed E-state index contributed by atoms with van der Waals surface area (Å²) in [5.41, 5.74) is 2.09. The number of hydrogen-bond acceptors (Lipinski definition) is 7. The van der Waals surface area contributed by atoms with Gasteiger partial charge in [-0.05, 0) is 65.6 Å². The standard InChI is InChI=1S/C30H29Cl2N7O3S/c1-29(2,3)21-7-8-22(31)25(17-21)39-28(35-36-37-39)43-18-26(40)33-24-9-6-19(16-23(24)32)10-13-30(4,5)34-27(41)20-11-14-38(42)15-12-20/h6-9,11-12,14-17H,18H2,1-5H3,(H,33,40)(H,34,41). The quantitative estimate of drug-likeness (QED) is 0.123. The molecule has 0 atom stereocenters. The number of thioether (sulfide) groups is 1. The van der Waals surface area contributed by atoms with E-state index in [2.05, 4.69) is 58.8 Å². The number of nitrogens with zero attached hydrogens (tertiary/aromatic N) is 5. The number of halogens is 2. The zero-order valence-corrected chi connectivity index (χ0v) is 26.4. The molecule has 4 aromatic rings. The van der Waals surface area contributed by atoms with Crippen LogP contribution >= 0.6 is 35.0 Å². The van der Waals surface area contributed by atoms with E-state index in [1.807, 2.05) is 18.2 Å². The zero-order chi connectivity index (χ0) is 31.4. The highest BCUT2D eigenvalue weighted by Gasteiger charge is 2.20. The average molecular weight is 639 g/mol. The van der Waals surface area contributed by atoms with Crippen LogP contribution in [0, 0.1) is 17.0 Å². The van der Waals surface area contributed by atoms with Crippen LogP contribution in [-0.4, -0.2) is 43.3 Å². The maximum absolute atomic E-state index is 12.8. The number of hydrogen-bond donors (Lipinski definition) is 2. The normalized spacial score (nSPS) is 11.4. The minimum absolute atomic E-state index is 0.0267. The van der Waals surface area contributed by atoms with Crippen LogP contribution in [0.5, 0.6) is 0 Å². The molecule has 13 heteroatoms. The number of tetrazole rings is 1. The van der Waals surface area contributed by atoms with E-state index in [9.17, 15) is 14.8 Å². The maximum atomic E-state index is 12.8. The molecule has 0 radical (unpaired) electrons. The number of benzene rings is 2. The van der Waals surface area contributed by atoms with Gasteiger partial charge in [0.15, 0.2) is 12.4 Å². The first-order valence-corrected chi connectivity index (χ1v) is 14.8. The number of carbonyl (C=O) groups excluding carboxylic acids is 2. The van der Waals surface area contributed by atoms with Gasteiger partial charge in [-0.25, -0.2) is 0 Å². The van der Waals surface area contributed by atoms with Crippen molar-refractivity contribution in [3.8, 4) is 17.5 Å². The summed E-state index contributed by atoms with van der Waals surface area (Å²) in [6, 6.07) is 13.6. The van der Waals surface area contributed by atoms with Crippen LogP contribution in [0.3, 0.4) is 0 Å². The second kappa shape index (κ2) is 13.0. The molecule has 0 spiro atoms. The van der Waals surface area contributed by atoms with Crippen molar-refractivity contribution in [1.29, 1.82) is 0 Å². The summed E-state index contributed by atoms with van der Waals surface area (Å²) in [4.78, 5) is 25.3. The number of aromatic nitrogens is 5. The predicted molar refractivity (Wildman–Crippen MR) is 167 cm³/mol. The van der Waals surface area contributed by atoms with Gasteiger partial charge in [-0.1, -0.05) is 73.6 Å². The molecule has 0 aliphatic carbocycles. The molecule has 0 saturated carbocycles. The van der Waals surface area contributed by atoms with Crippen molar-refractivity contribution in [3.63, 3.8) is 0 Å². The largest absolute Gasteiger partial charge is 0.619 e. The maximum Gasteiger partial charge on any atom is 0.252 e. The van der Waals surface area contributed by atoms with Gasteiger partial charge in [-0.15, -0.1) is 5.10 Å². The summed E-state index contributed by atoms with van der Waals surface area (Å²) in [7, 11) is 0. The van der Waals surface area contributed by atoms with Gasteiger partial charge in [0.25, 0.3) is 5.91 Å². The highest BCUT2D eigenvalue weighted by molar-refractivity contribution is 7.99. The molecule has 4 rings (SSSR count). The van der Waals surface area contributed by atoms with E-state index in [1.54, 1.807) is 32.0 Å². The molecule has 10 nitrogen and oxygen atoms in total. The number of anilines is 1. The van der Waals surface area contributed by atoms with Gasteiger partial charge in [0.1, 0.15) is 0 Å². The lowest BCUT2D eigenvalue weighted by molar-refractivity contribution is -0.605. The molecule has 0 aliphatic rings. The van der Waals surface area contributed by atoms with Crippen molar-refractivity contribution in [3.05, 3.63) is 92.9 Å². The molecule has 43 heavy (non-hydrogen) atoms. The molecule has 2 aromatic carbocycles. The molecule has 2 N–H and O–H groups in total. The van der Waals surface area contributed by atoms with Crippen molar-refractivity contribution in [2.45, 2.75) is 50.7 Å². The van der Waals surface area contributed by atoms with Gasteiger partial charge < -0.3 is 15.8 Å². The lowest BCUT2D eigenvalue weighted by Crippen LogP contribution is -2.42. The summed E-state index contributed by atoms with van der Waals surface area (Å²) in [6.07, 6.45) is 2.50. The number of carbonyl (C=O) groups is 2. The van der Waals surface area contributed by atoms with Crippen LogP contribution < -0.4 is 15.4 Å². The molecular formula is C30H29Cl2N7O3S. The fourth-order valence-corrected chi connectivity index (χ4v) is 4.86. The summed E-state index contributed by atoms with van der Waals surface area (Å²) in [5.74, 6) is 5.38. The number of rotatable bonds is 7. The van der Waals surface area contributed by atoms with Gasteiger partial charge in [0, 0.05) is 17.7 Å². The van der Waals surface area contributed by atoms with Crippen LogP contribution in [0.15, 0.2) is 66.1 Å². The van der Waals surface area contributed by atoms with Crippen LogP contribution in [0.4, 0.5) is 5.69 Å². The number of nitrogens with one attached hydrogen (secondary N) is 2. The Labute approximate surface area is 263 Å². The highest BCUT2D eigenvalue weighted by Crippen LogP contribution is 2.30. The van der Waals surface area contributed by atoms with E-state index < -0.39 is 5.54 Å². The fraction of sp³-hybridized carbons (Fsp3) is 0.267. The van der Waals surface area contributed by atoms with E-state index in [4.69, 9.17) is 23.2 Å². The van der Waals surface area contributed by atoms with Crippen LogP contribution in [0.2, 0.25) is 10.0 Å². The molecule has 0 saturated heterocycles. The van der Waals surface area contributed by atoms with Crippen LogP contribution in [0.1, 0.15) is 56.1 Å². The molecule has 0 aliphatic heterocycles. The third kappa shape index (κ3) is 8.47. The first kappa shape index (κ1) is 31.8. The van der Waals surface area contributed by atoms with Gasteiger partial charge in [0.2, 0.25) is 11.1 Å². The van der Waals surface area contributed by atoms with E-state index in [1.165, 1.54) is 29.2 Å². The molecule has 0 bridgehead atoms. The summed E-state index contributed by atoms with van der Waals surface area (Å²) in [6.45, 7) is 9.82. The van der Waals surface area contributed by atoms with Crippen molar-refractivity contribution in [2.75, 3.05) is 11.1 Å². The predicted octanol–water partition coefficient (Wildman–Crippen LogP) is 5.19. The first-order valence-electron chi connectivity index (χ1n) is 13.1. The van der Waals surface area contributed by atoms with E-state index >= 15 is 0 Å². The molecule has 2 amide bonds. The van der Waals surface area contributed by atoms with E-state index in [-0.39, 0.29) is 23.0 Å². The lowest BCUT2D eigenvalue weighted by Gasteiger charge is -2.20. The van der Waals surface area contributed by atoms with Crippen molar-refractivity contribution < 1.29 is 14.3 Å². The van der Waals surface area contributed by atoms with Crippen molar-refractivity contribution >= 4 is 52.5 Å². The fourth-order valence-electron chi connectivity index (χ4n) is 3.75. The van der Waals surface area contributed by atoms with Crippen molar-refractivity contribution in [2.24, 2.45) is 0 Å². The third-order valence-corrected chi connectivity index (χ3v) is 7.62. The van der Waals surface area contributed by atoms with Crippen LogP contribution in [0.25, 0.3) is 5.69 Å². The monoisotopic (exact) mass is 637 g/mol. The van der Waals surface area contributed by atoms with Gasteiger partial charge in [0.05, 0.1) is 38.3 Å². The Morgan fingerprint density at radius 1 is 1.02 bits per heavy atom. The van der Waals surface area contributed by atoms with Crippen LogP contribution in [-0.2, 0) is 10.2 Å². The topological polar surface area (TPSA) is 129 Å². The molecular weight excluding hydrogens is 609 g/mol. The second-order valence-corrected chi connectivity index (χ2v) is 12.9. The highest BCUT2D eigenvalue weighted by atomic mass is 35.5. The minimum Gasteiger partial charge on any atom is -0.619 e. The number of pyridine rings is 1. The molecule has 2 heterocycles.